The number of pyridine rings is 1. The molecular formula is C21H24F3N3O2. The van der Waals surface area contributed by atoms with Gasteiger partial charge in [0.15, 0.2) is 0 Å². The number of aromatic nitrogens is 1. The molecule has 8 heteroatoms. The summed E-state index contributed by atoms with van der Waals surface area (Å²) in [4.78, 5) is 18.7. The van der Waals surface area contributed by atoms with E-state index in [1.54, 1.807) is 12.1 Å². The van der Waals surface area contributed by atoms with Crippen LogP contribution in [0.4, 0.5) is 13.2 Å². The molecule has 1 aromatic carbocycles. The number of nitrogens with zero attached hydrogens (tertiary/aromatic N) is 2. The minimum Gasteiger partial charge on any atom is -0.379 e. The van der Waals surface area contributed by atoms with Crippen LogP contribution < -0.4 is 5.32 Å². The van der Waals surface area contributed by atoms with Gasteiger partial charge < -0.3 is 10.1 Å². The van der Waals surface area contributed by atoms with Crippen molar-refractivity contribution in [3.05, 3.63) is 41.1 Å². The Balaban J connectivity index is 1.45. The predicted molar refractivity (Wildman–Crippen MR) is 103 cm³/mol. The molecule has 1 saturated carbocycles. The molecule has 1 saturated heterocycles. The molecular weight excluding hydrogens is 383 g/mol. The second-order valence-electron chi connectivity index (χ2n) is 7.67. The van der Waals surface area contributed by atoms with Gasteiger partial charge in [0.05, 0.1) is 24.3 Å². The van der Waals surface area contributed by atoms with E-state index in [1.807, 2.05) is 0 Å². The maximum atomic E-state index is 13.6. The van der Waals surface area contributed by atoms with Crippen molar-refractivity contribution < 1.29 is 22.7 Å². The Kier molecular flexibility index (Phi) is 5.74. The quantitative estimate of drug-likeness (QED) is 0.744. The van der Waals surface area contributed by atoms with E-state index in [0.717, 1.165) is 52.1 Å². The van der Waals surface area contributed by atoms with Gasteiger partial charge in [-0.05, 0) is 55.5 Å². The number of carbonyl (C=O) groups is 1. The van der Waals surface area contributed by atoms with Gasteiger partial charge in [0.1, 0.15) is 5.69 Å². The molecule has 0 atom stereocenters. The molecule has 2 aromatic rings. The number of carbonyl (C=O) groups excluding carboxylic acids is 1. The summed E-state index contributed by atoms with van der Waals surface area (Å²) in [7, 11) is 0. The molecule has 2 aliphatic rings. The third-order valence-electron chi connectivity index (χ3n) is 5.44. The molecule has 2 fully saturated rings. The fraction of sp³-hybridized carbons (Fsp3) is 0.524. The molecule has 2 heterocycles. The largest absolute Gasteiger partial charge is 0.418 e. The Morgan fingerprint density at radius 1 is 1.21 bits per heavy atom. The lowest BCUT2D eigenvalue weighted by Crippen LogP contribution is -2.38. The van der Waals surface area contributed by atoms with E-state index < -0.39 is 17.6 Å². The van der Waals surface area contributed by atoms with Gasteiger partial charge in [0.25, 0.3) is 5.91 Å². The van der Waals surface area contributed by atoms with Crippen LogP contribution in [0.3, 0.4) is 0 Å². The van der Waals surface area contributed by atoms with Crippen molar-refractivity contribution in [2.45, 2.75) is 31.4 Å². The topological polar surface area (TPSA) is 54.5 Å². The van der Waals surface area contributed by atoms with E-state index in [9.17, 15) is 18.0 Å². The molecule has 29 heavy (non-hydrogen) atoms. The van der Waals surface area contributed by atoms with Crippen LogP contribution in [0.2, 0.25) is 0 Å². The van der Waals surface area contributed by atoms with Crippen LogP contribution in [0.25, 0.3) is 10.9 Å². The summed E-state index contributed by atoms with van der Waals surface area (Å²) < 4.78 is 46.1. The first-order chi connectivity index (χ1) is 13.9. The third-order valence-corrected chi connectivity index (χ3v) is 5.44. The van der Waals surface area contributed by atoms with Gasteiger partial charge >= 0.3 is 6.18 Å². The van der Waals surface area contributed by atoms with Gasteiger partial charge in [-0.1, -0.05) is 6.07 Å². The molecule has 1 N–H and O–H groups in total. The van der Waals surface area contributed by atoms with Crippen molar-refractivity contribution >= 4 is 16.8 Å². The molecule has 0 spiro atoms. The Morgan fingerprint density at radius 3 is 2.66 bits per heavy atom. The number of amides is 1. The van der Waals surface area contributed by atoms with E-state index in [4.69, 9.17) is 4.74 Å². The van der Waals surface area contributed by atoms with Crippen molar-refractivity contribution in [1.29, 1.82) is 0 Å². The van der Waals surface area contributed by atoms with Crippen LogP contribution in [-0.4, -0.2) is 55.2 Å². The van der Waals surface area contributed by atoms with Gasteiger partial charge in [-0.25, -0.2) is 4.98 Å². The maximum Gasteiger partial charge on any atom is 0.418 e. The lowest BCUT2D eigenvalue weighted by atomic mass is 10.0. The molecule has 0 unspecified atom stereocenters. The fourth-order valence-electron chi connectivity index (χ4n) is 3.67. The van der Waals surface area contributed by atoms with Crippen molar-refractivity contribution in [3.8, 4) is 0 Å². The number of fused-ring (bicyclic) bond motifs is 1. The predicted octanol–water partition coefficient (Wildman–Crippen LogP) is 3.58. The van der Waals surface area contributed by atoms with Gasteiger partial charge in [0.2, 0.25) is 0 Å². The minimum atomic E-state index is -4.51. The Hall–Kier alpha value is -2.19. The van der Waals surface area contributed by atoms with E-state index in [0.29, 0.717) is 17.5 Å². The highest BCUT2D eigenvalue weighted by Gasteiger charge is 2.36. The molecule has 1 amide bonds. The van der Waals surface area contributed by atoms with E-state index in [1.165, 1.54) is 12.1 Å². The smallest absolute Gasteiger partial charge is 0.379 e. The normalized spacial score (nSPS) is 18.2. The first kappa shape index (κ1) is 20.1. The van der Waals surface area contributed by atoms with Crippen LogP contribution in [0.15, 0.2) is 24.3 Å². The summed E-state index contributed by atoms with van der Waals surface area (Å²) >= 11 is 0. The number of alkyl halides is 3. The van der Waals surface area contributed by atoms with Crippen molar-refractivity contribution in [2.24, 2.45) is 0 Å². The van der Waals surface area contributed by atoms with Crippen LogP contribution in [0.1, 0.15) is 46.8 Å². The number of benzene rings is 1. The molecule has 0 radical (unpaired) electrons. The standard InChI is InChI=1S/C21H24F3N3O2/c22-21(23,24)17-13-16(14-2-3-14)12-15-4-5-18(26-19(15)17)20(28)25-6-1-7-27-8-10-29-11-9-27/h4-5,12-14H,1-3,6-11H2,(H,25,28). The second kappa shape index (κ2) is 8.28. The zero-order chi connectivity index (χ0) is 20.4. The van der Waals surface area contributed by atoms with Crippen molar-refractivity contribution in [1.82, 2.24) is 15.2 Å². The molecule has 5 nitrogen and oxygen atoms in total. The van der Waals surface area contributed by atoms with Crippen LogP contribution in [0.5, 0.6) is 0 Å². The zero-order valence-corrected chi connectivity index (χ0v) is 16.1. The molecule has 0 bridgehead atoms. The molecule has 1 aromatic heterocycles. The maximum absolute atomic E-state index is 13.6. The lowest BCUT2D eigenvalue weighted by Gasteiger charge is -2.26. The average Bonchev–Trinajstić information content (AvgIpc) is 3.55. The van der Waals surface area contributed by atoms with Crippen molar-refractivity contribution in [2.75, 3.05) is 39.4 Å². The third kappa shape index (κ3) is 4.87. The Bertz CT molecular complexity index is 891. The number of morpholine rings is 1. The first-order valence-corrected chi connectivity index (χ1v) is 10.0. The summed E-state index contributed by atoms with van der Waals surface area (Å²) in [6.07, 6.45) is -1.91. The van der Waals surface area contributed by atoms with E-state index in [-0.39, 0.29) is 17.1 Å². The second-order valence-corrected chi connectivity index (χ2v) is 7.67. The summed E-state index contributed by atoms with van der Waals surface area (Å²) in [6, 6.07) is 6.01. The Morgan fingerprint density at radius 2 is 1.97 bits per heavy atom. The number of halogens is 3. The summed E-state index contributed by atoms with van der Waals surface area (Å²) in [5, 5.41) is 3.18. The van der Waals surface area contributed by atoms with Crippen LogP contribution in [-0.2, 0) is 10.9 Å². The lowest BCUT2D eigenvalue weighted by molar-refractivity contribution is -0.136. The first-order valence-electron chi connectivity index (χ1n) is 10.0. The SMILES string of the molecule is O=C(NCCCN1CCOCC1)c1ccc2cc(C3CC3)cc(C(F)(F)F)c2n1. The number of rotatable bonds is 6. The molecule has 1 aliphatic carbocycles. The minimum absolute atomic E-state index is 0.00791. The summed E-state index contributed by atoms with van der Waals surface area (Å²) in [5.41, 5.74) is -0.220. The highest BCUT2D eigenvalue weighted by atomic mass is 19.4. The number of hydrogen-bond donors (Lipinski definition) is 1. The van der Waals surface area contributed by atoms with Gasteiger partial charge in [-0.15, -0.1) is 0 Å². The van der Waals surface area contributed by atoms with Crippen LogP contribution >= 0.6 is 0 Å². The van der Waals surface area contributed by atoms with Gasteiger partial charge in [-0.3, -0.25) is 9.69 Å². The number of hydrogen-bond acceptors (Lipinski definition) is 4. The molecule has 4 rings (SSSR count). The highest BCUT2D eigenvalue weighted by molar-refractivity contribution is 5.95. The van der Waals surface area contributed by atoms with E-state index in [2.05, 4.69) is 15.2 Å². The van der Waals surface area contributed by atoms with Gasteiger partial charge in [0, 0.05) is 25.0 Å². The monoisotopic (exact) mass is 407 g/mol. The Labute approximate surface area is 167 Å². The molecule has 156 valence electrons. The van der Waals surface area contributed by atoms with Crippen LogP contribution in [0, 0.1) is 0 Å². The number of nitrogens with one attached hydrogen (secondary N) is 1. The van der Waals surface area contributed by atoms with E-state index >= 15 is 0 Å². The highest BCUT2D eigenvalue weighted by Crippen LogP contribution is 2.44. The number of ether oxygens (including phenoxy) is 1. The molecule has 1 aliphatic heterocycles. The fourth-order valence-corrected chi connectivity index (χ4v) is 3.67. The summed E-state index contributed by atoms with van der Waals surface area (Å²) in [5.74, 6) is -0.247. The van der Waals surface area contributed by atoms with Gasteiger partial charge in [-0.2, -0.15) is 13.2 Å². The zero-order valence-electron chi connectivity index (χ0n) is 16.1. The average molecular weight is 407 g/mol. The summed E-state index contributed by atoms with van der Waals surface area (Å²) in [6.45, 7) is 4.49. The van der Waals surface area contributed by atoms with Crippen molar-refractivity contribution in [3.63, 3.8) is 0 Å².